The van der Waals surface area contributed by atoms with Crippen LogP contribution in [0.25, 0.3) is 11.1 Å². The summed E-state index contributed by atoms with van der Waals surface area (Å²) in [4.78, 5) is 10.7. The van der Waals surface area contributed by atoms with Gasteiger partial charge in [-0.2, -0.15) is 0 Å². The lowest BCUT2D eigenvalue weighted by Crippen LogP contribution is -2.08. The lowest BCUT2D eigenvalue weighted by Gasteiger charge is -2.12. The van der Waals surface area contributed by atoms with E-state index in [1.807, 2.05) is 30.3 Å². The van der Waals surface area contributed by atoms with Crippen LogP contribution in [0, 0.1) is 0 Å². The van der Waals surface area contributed by atoms with Gasteiger partial charge in [0.25, 0.3) is 0 Å². The SMILES string of the molecule is O=C(O)Nc1cc(-c2ccccc2)c(Cl)c(Cl)c1Cl. The van der Waals surface area contributed by atoms with E-state index >= 15 is 0 Å². The van der Waals surface area contributed by atoms with Gasteiger partial charge in [-0.3, -0.25) is 5.32 Å². The maximum absolute atomic E-state index is 10.7. The summed E-state index contributed by atoms with van der Waals surface area (Å²) in [5, 5.41) is 11.4. The van der Waals surface area contributed by atoms with E-state index in [0.717, 1.165) is 5.56 Å². The van der Waals surface area contributed by atoms with Crippen LogP contribution < -0.4 is 5.32 Å². The van der Waals surface area contributed by atoms with Crippen molar-refractivity contribution in [3.05, 3.63) is 51.5 Å². The Kier molecular flexibility index (Phi) is 4.20. The zero-order valence-corrected chi connectivity index (χ0v) is 11.7. The van der Waals surface area contributed by atoms with Crippen molar-refractivity contribution in [2.24, 2.45) is 0 Å². The van der Waals surface area contributed by atoms with E-state index in [1.165, 1.54) is 0 Å². The van der Waals surface area contributed by atoms with Crippen LogP contribution in [-0.2, 0) is 0 Å². The van der Waals surface area contributed by atoms with Crippen LogP contribution in [0.1, 0.15) is 0 Å². The fourth-order valence-corrected chi connectivity index (χ4v) is 2.34. The third-order valence-corrected chi connectivity index (χ3v) is 3.83. The maximum Gasteiger partial charge on any atom is 0.409 e. The van der Waals surface area contributed by atoms with Crippen molar-refractivity contribution < 1.29 is 9.90 Å². The Hall–Kier alpha value is -1.42. The normalized spacial score (nSPS) is 10.3. The molecule has 2 aromatic rings. The average Bonchev–Trinajstić information content (AvgIpc) is 2.40. The lowest BCUT2D eigenvalue weighted by molar-refractivity contribution is 0.210. The van der Waals surface area contributed by atoms with E-state index in [9.17, 15) is 4.79 Å². The van der Waals surface area contributed by atoms with E-state index in [1.54, 1.807) is 6.07 Å². The highest BCUT2D eigenvalue weighted by atomic mass is 35.5. The van der Waals surface area contributed by atoms with E-state index in [2.05, 4.69) is 5.32 Å². The number of halogens is 3. The molecule has 0 aliphatic heterocycles. The number of carboxylic acid groups (broad SMARTS) is 1. The summed E-state index contributed by atoms with van der Waals surface area (Å²) in [5.41, 5.74) is 1.63. The molecule has 0 radical (unpaired) electrons. The minimum atomic E-state index is -1.22. The van der Waals surface area contributed by atoms with Gasteiger partial charge in [-0.1, -0.05) is 65.1 Å². The molecule has 0 aliphatic carbocycles. The Morgan fingerprint density at radius 3 is 2.21 bits per heavy atom. The van der Waals surface area contributed by atoms with Crippen molar-refractivity contribution in [3.63, 3.8) is 0 Å². The number of hydrogen-bond acceptors (Lipinski definition) is 1. The highest BCUT2D eigenvalue weighted by Gasteiger charge is 2.16. The van der Waals surface area contributed by atoms with Crippen LogP contribution >= 0.6 is 34.8 Å². The molecule has 0 spiro atoms. The Labute approximate surface area is 124 Å². The Balaban J connectivity index is 2.62. The molecule has 0 saturated carbocycles. The van der Waals surface area contributed by atoms with Crippen LogP contribution in [-0.4, -0.2) is 11.2 Å². The molecule has 0 aliphatic rings. The topological polar surface area (TPSA) is 49.3 Å². The summed E-state index contributed by atoms with van der Waals surface area (Å²) >= 11 is 18.1. The van der Waals surface area contributed by atoms with Gasteiger partial charge in [0.15, 0.2) is 0 Å². The molecule has 98 valence electrons. The van der Waals surface area contributed by atoms with Crippen molar-refractivity contribution >= 4 is 46.6 Å². The third kappa shape index (κ3) is 2.95. The van der Waals surface area contributed by atoms with E-state index in [0.29, 0.717) is 5.56 Å². The number of rotatable bonds is 2. The second-order valence-electron chi connectivity index (χ2n) is 3.71. The summed E-state index contributed by atoms with van der Waals surface area (Å²) in [6.07, 6.45) is -1.22. The molecular weight excluding hydrogens is 309 g/mol. The van der Waals surface area contributed by atoms with Crippen molar-refractivity contribution in [3.8, 4) is 11.1 Å². The van der Waals surface area contributed by atoms with E-state index in [4.69, 9.17) is 39.9 Å². The molecule has 1 amide bonds. The van der Waals surface area contributed by atoms with Gasteiger partial charge in [0.05, 0.1) is 20.8 Å². The first-order valence-electron chi connectivity index (χ1n) is 5.23. The van der Waals surface area contributed by atoms with Crippen LogP contribution in [0.15, 0.2) is 36.4 Å². The minimum absolute atomic E-state index is 0.0775. The number of nitrogens with one attached hydrogen (secondary N) is 1. The number of hydrogen-bond donors (Lipinski definition) is 2. The first-order valence-corrected chi connectivity index (χ1v) is 6.37. The molecule has 0 unspecified atom stereocenters. The predicted molar refractivity (Wildman–Crippen MR) is 78.6 cm³/mol. The molecular formula is C13H8Cl3NO2. The highest BCUT2D eigenvalue weighted by Crippen LogP contribution is 2.42. The fourth-order valence-electron chi connectivity index (χ4n) is 1.64. The second kappa shape index (κ2) is 5.70. The van der Waals surface area contributed by atoms with E-state index in [-0.39, 0.29) is 20.8 Å². The van der Waals surface area contributed by atoms with Crippen LogP contribution in [0.4, 0.5) is 10.5 Å². The predicted octanol–water partition coefficient (Wildman–Crippen LogP) is 5.40. The van der Waals surface area contributed by atoms with Crippen molar-refractivity contribution in [1.29, 1.82) is 0 Å². The van der Waals surface area contributed by atoms with E-state index < -0.39 is 6.09 Å². The zero-order chi connectivity index (χ0) is 14.0. The maximum atomic E-state index is 10.7. The summed E-state index contributed by atoms with van der Waals surface area (Å²) < 4.78 is 0. The standard InChI is InChI=1S/C13H8Cl3NO2/c14-10-8(7-4-2-1-3-5-7)6-9(17-13(18)19)11(15)12(10)16/h1-6,17H,(H,18,19). The molecule has 0 saturated heterocycles. The lowest BCUT2D eigenvalue weighted by atomic mass is 10.0. The molecule has 0 heterocycles. The van der Waals surface area contributed by atoms with Crippen molar-refractivity contribution in [1.82, 2.24) is 0 Å². The highest BCUT2D eigenvalue weighted by molar-refractivity contribution is 6.50. The number of anilines is 1. The van der Waals surface area contributed by atoms with Gasteiger partial charge in [-0.25, -0.2) is 4.79 Å². The Bertz CT molecular complexity index is 630. The van der Waals surface area contributed by atoms with Crippen molar-refractivity contribution in [2.75, 3.05) is 5.32 Å². The summed E-state index contributed by atoms with van der Waals surface area (Å²) in [6, 6.07) is 10.8. The molecule has 2 rings (SSSR count). The molecule has 2 aromatic carbocycles. The molecule has 3 nitrogen and oxygen atoms in total. The largest absolute Gasteiger partial charge is 0.465 e. The fraction of sp³-hybridized carbons (Fsp3) is 0. The summed E-state index contributed by atoms with van der Waals surface area (Å²) in [7, 11) is 0. The van der Waals surface area contributed by atoms with Crippen LogP contribution in [0.3, 0.4) is 0 Å². The molecule has 0 aromatic heterocycles. The van der Waals surface area contributed by atoms with Gasteiger partial charge in [0.2, 0.25) is 0 Å². The number of benzene rings is 2. The summed E-state index contributed by atoms with van der Waals surface area (Å²) in [6.45, 7) is 0. The van der Waals surface area contributed by atoms with Gasteiger partial charge in [-0.05, 0) is 11.6 Å². The van der Waals surface area contributed by atoms with Gasteiger partial charge in [-0.15, -0.1) is 0 Å². The molecule has 0 atom stereocenters. The average molecular weight is 317 g/mol. The smallest absolute Gasteiger partial charge is 0.409 e. The molecule has 0 bridgehead atoms. The second-order valence-corrected chi connectivity index (χ2v) is 4.84. The first kappa shape index (κ1) is 14.0. The third-order valence-electron chi connectivity index (χ3n) is 2.47. The van der Waals surface area contributed by atoms with Gasteiger partial charge < -0.3 is 5.11 Å². The van der Waals surface area contributed by atoms with Crippen LogP contribution in [0.5, 0.6) is 0 Å². The zero-order valence-electron chi connectivity index (χ0n) is 9.45. The number of carbonyl (C=O) groups is 1. The molecule has 19 heavy (non-hydrogen) atoms. The van der Waals surface area contributed by atoms with Crippen LogP contribution in [0.2, 0.25) is 15.1 Å². The summed E-state index contributed by atoms with van der Waals surface area (Å²) in [5.74, 6) is 0. The number of amides is 1. The molecule has 6 heteroatoms. The first-order chi connectivity index (χ1) is 9.00. The molecule has 0 fully saturated rings. The Morgan fingerprint density at radius 2 is 1.63 bits per heavy atom. The quantitative estimate of drug-likeness (QED) is 0.728. The van der Waals surface area contributed by atoms with Crippen molar-refractivity contribution in [2.45, 2.75) is 0 Å². The molecule has 2 N–H and O–H groups in total. The monoisotopic (exact) mass is 315 g/mol. The van der Waals surface area contributed by atoms with Gasteiger partial charge >= 0.3 is 6.09 Å². The Morgan fingerprint density at radius 1 is 1.00 bits per heavy atom. The van der Waals surface area contributed by atoms with Gasteiger partial charge in [0, 0.05) is 5.56 Å². The van der Waals surface area contributed by atoms with Gasteiger partial charge in [0.1, 0.15) is 0 Å². The minimum Gasteiger partial charge on any atom is -0.465 e.